The predicted molar refractivity (Wildman–Crippen MR) is 88.8 cm³/mol. The molecule has 116 valence electrons. The molecule has 1 fully saturated rings. The van der Waals surface area contributed by atoms with E-state index in [1.807, 2.05) is 23.9 Å². The lowest BCUT2D eigenvalue weighted by Crippen LogP contribution is -2.42. The van der Waals surface area contributed by atoms with Gasteiger partial charge in [-0.25, -0.2) is 0 Å². The minimum absolute atomic E-state index is 0.160. The SMILES string of the molecule is CSCCCCc1ccc(NC(=O)C2NCC[C@@H]2O)cc1. The zero-order chi connectivity index (χ0) is 15.1. The topological polar surface area (TPSA) is 61.4 Å². The van der Waals surface area contributed by atoms with Gasteiger partial charge in [0.2, 0.25) is 5.91 Å². The molecule has 0 aromatic heterocycles. The number of nitrogens with one attached hydrogen (secondary N) is 2. The standard InChI is InChI=1S/C16H24N2O2S/c1-21-11-3-2-4-12-5-7-13(8-6-12)18-16(20)15-14(19)9-10-17-15/h5-8,14-15,17,19H,2-4,9-11H2,1H3,(H,18,20)/t14-,15?/m0/s1. The maximum atomic E-state index is 12.0. The average molecular weight is 308 g/mol. The first-order valence-electron chi connectivity index (χ1n) is 7.51. The molecule has 0 saturated carbocycles. The number of aryl methyl sites for hydroxylation is 1. The smallest absolute Gasteiger partial charge is 0.244 e. The number of thioether (sulfide) groups is 1. The van der Waals surface area contributed by atoms with E-state index in [1.165, 1.54) is 24.2 Å². The third kappa shape index (κ3) is 5.02. The van der Waals surface area contributed by atoms with Gasteiger partial charge in [0.15, 0.2) is 0 Å². The van der Waals surface area contributed by atoms with Crippen LogP contribution >= 0.6 is 11.8 Å². The summed E-state index contributed by atoms with van der Waals surface area (Å²) in [6.45, 7) is 0.689. The molecule has 1 amide bonds. The zero-order valence-corrected chi connectivity index (χ0v) is 13.3. The van der Waals surface area contributed by atoms with Crippen molar-refractivity contribution in [2.45, 2.75) is 37.8 Å². The molecule has 2 atom stereocenters. The number of aliphatic hydroxyl groups is 1. The van der Waals surface area contributed by atoms with Crippen LogP contribution in [0.15, 0.2) is 24.3 Å². The molecular formula is C16H24N2O2S. The van der Waals surface area contributed by atoms with Crippen molar-refractivity contribution in [1.82, 2.24) is 5.32 Å². The van der Waals surface area contributed by atoms with Crippen molar-refractivity contribution in [3.8, 4) is 0 Å². The van der Waals surface area contributed by atoms with Gasteiger partial charge < -0.3 is 15.7 Å². The van der Waals surface area contributed by atoms with Gasteiger partial charge in [-0.05, 0) is 61.9 Å². The van der Waals surface area contributed by atoms with E-state index in [4.69, 9.17) is 0 Å². The van der Waals surface area contributed by atoms with Crippen molar-refractivity contribution in [1.29, 1.82) is 0 Å². The van der Waals surface area contributed by atoms with Crippen LogP contribution in [0.4, 0.5) is 5.69 Å². The second-order valence-corrected chi connectivity index (χ2v) is 6.41. The summed E-state index contributed by atoms with van der Waals surface area (Å²) in [4.78, 5) is 12.0. The number of unbranched alkanes of at least 4 members (excludes halogenated alkanes) is 1. The van der Waals surface area contributed by atoms with Gasteiger partial charge in [0.1, 0.15) is 6.04 Å². The number of rotatable bonds is 7. The Kier molecular flexibility index (Phi) is 6.54. The Balaban J connectivity index is 1.80. The Bertz CT molecular complexity index is 450. The van der Waals surface area contributed by atoms with Gasteiger partial charge in [-0.2, -0.15) is 11.8 Å². The summed E-state index contributed by atoms with van der Waals surface area (Å²) in [5.41, 5.74) is 2.09. The zero-order valence-electron chi connectivity index (χ0n) is 12.5. The first-order chi connectivity index (χ1) is 10.2. The fraction of sp³-hybridized carbons (Fsp3) is 0.562. The number of hydrogen-bond acceptors (Lipinski definition) is 4. The van der Waals surface area contributed by atoms with Crippen LogP contribution in [-0.2, 0) is 11.2 Å². The van der Waals surface area contributed by atoms with Crippen LogP contribution < -0.4 is 10.6 Å². The summed E-state index contributed by atoms with van der Waals surface area (Å²) in [5, 5.41) is 15.6. The average Bonchev–Trinajstić information content (AvgIpc) is 2.91. The Morgan fingerprint density at radius 2 is 2.14 bits per heavy atom. The molecule has 1 unspecified atom stereocenters. The molecule has 3 N–H and O–H groups in total. The number of aliphatic hydroxyl groups excluding tert-OH is 1. The van der Waals surface area contributed by atoms with E-state index in [2.05, 4.69) is 29.0 Å². The molecular weight excluding hydrogens is 284 g/mol. The van der Waals surface area contributed by atoms with Crippen LogP contribution in [0.1, 0.15) is 24.8 Å². The molecule has 21 heavy (non-hydrogen) atoms. The van der Waals surface area contributed by atoms with Crippen LogP contribution in [0.25, 0.3) is 0 Å². The fourth-order valence-corrected chi connectivity index (χ4v) is 3.00. The Morgan fingerprint density at radius 3 is 2.76 bits per heavy atom. The van der Waals surface area contributed by atoms with Crippen molar-refractivity contribution < 1.29 is 9.90 Å². The number of benzene rings is 1. The van der Waals surface area contributed by atoms with Crippen LogP contribution in [0.3, 0.4) is 0 Å². The van der Waals surface area contributed by atoms with Crippen LogP contribution in [-0.4, -0.2) is 41.7 Å². The van der Waals surface area contributed by atoms with Crippen molar-refractivity contribution in [3.05, 3.63) is 29.8 Å². The van der Waals surface area contributed by atoms with Crippen molar-refractivity contribution in [2.24, 2.45) is 0 Å². The number of carbonyl (C=O) groups is 1. The van der Waals surface area contributed by atoms with Gasteiger partial charge in [0.25, 0.3) is 0 Å². The molecule has 0 bridgehead atoms. The highest BCUT2D eigenvalue weighted by molar-refractivity contribution is 7.98. The summed E-state index contributed by atoms with van der Waals surface area (Å²) in [7, 11) is 0. The number of hydrogen-bond donors (Lipinski definition) is 3. The monoisotopic (exact) mass is 308 g/mol. The normalized spacial score (nSPS) is 21.4. The highest BCUT2D eigenvalue weighted by atomic mass is 32.2. The minimum Gasteiger partial charge on any atom is -0.391 e. The third-order valence-corrected chi connectivity index (χ3v) is 4.45. The molecule has 1 saturated heterocycles. The second kappa shape index (κ2) is 8.41. The first kappa shape index (κ1) is 16.3. The Hall–Kier alpha value is -1.04. The lowest BCUT2D eigenvalue weighted by Gasteiger charge is -2.14. The number of anilines is 1. The van der Waals surface area contributed by atoms with Gasteiger partial charge in [-0.15, -0.1) is 0 Å². The summed E-state index contributed by atoms with van der Waals surface area (Å²) in [6, 6.07) is 7.50. The fourth-order valence-electron chi connectivity index (χ4n) is 2.51. The van der Waals surface area contributed by atoms with E-state index >= 15 is 0 Å². The molecule has 0 radical (unpaired) electrons. The van der Waals surface area contributed by atoms with Gasteiger partial charge in [0.05, 0.1) is 6.10 Å². The van der Waals surface area contributed by atoms with E-state index < -0.39 is 12.1 Å². The molecule has 0 aliphatic carbocycles. The summed E-state index contributed by atoms with van der Waals surface area (Å²) >= 11 is 1.88. The molecule has 0 spiro atoms. The third-order valence-electron chi connectivity index (χ3n) is 3.76. The predicted octanol–water partition coefficient (Wildman–Crippen LogP) is 2.03. The van der Waals surface area contributed by atoms with Gasteiger partial charge >= 0.3 is 0 Å². The van der Waals surface area contributed by atoms with Crippen molar-refractivity contribution in [2.75, 3.05) is 23.9 Å². The van der Waals surface area contributed by atoms with E-state index in [0.717, 1.165) is 12.1 Å². The molecule has 4 nitrogen and oxygen atoms in total. The molecule has 1 heterocycles. The van der Waals surface area contributed by atoms with Gasteiger partial charge in [-0.1, -0.05) is 12.1 Å². The molecule has 5 heteroatoms. The molecule has 1 aliphatic rings. The second-order valence-electron chi connectivity index (χ2n) is 5.42. The van der Waals surface area contributed by atoms with E-state index in [1.54, 1.807) is 0 Å². The summed E-state index contributed by atoms with van der Waals surface area (Å²) < 4.78 is 0. The number of carbonyl (C=O) groups excluding carboxylic acids is 1. The maximum absolute atomic E-state index is 12.0. The lowest BCUT2D eigenvalue weighted by molar-refractivity contribution is -0.119. The van der Waals surface area contributed by atoms with E-state index in [0.29, 0.717) is 13.0 Å². The van der Waals surface area contributed by atoms with Gasteiger partial charge in [0, 0.05) is 5.69 Å². The Morgan fingerprint density at radius 1 is 1.38 bits per heavy atom. The van der Waals surface area contributed by atoms with Crippen molar-refractivity contribution in [3.63, 3.8) is 0 Å². The van der Waals surface area contributed by atoms with Crippen molar-refractivity contribution >= 4 is 23.4 Å². The van der Waals surface area contributed by atoms with E-state index in [-0.39, 0.29) is 5.91 Å². The van der Waals surface area contributed by atoms with Crippen LogP contribution in [0.2, 0.25) is 0 Å². The quantitative estimate of drug-likeness (QED) is 0.675. The molecule has 2 rings (SSSR count). The first-order valence-corrected chi connectivity index (χ1v) is 8.90. The van der Waals surface area contributed by atoms with Gasteiger partial charge in [-0.3, -0.25) is 4.79 Å². The van der Waals surface area contributed by atoms with Crippen LogP contribution in [0, 0.1) is 0 Å². The highest BCUT2D eigenvalue weighted by Gasteiger charge is 2.30. The molecule has 1 aliphatic heterocycles. The van der Waals surface area contributed by atoms with E-state index in [9.17, 15) is 9.90 Å². The lowest BCUT2D eigenvalue weighted by atomic mass is 10.1. The summed E-state index contributed by atoms with van der Waals surface area (Å²) in [6.07, 6.45) is 5.70. The van der Waals surface area contributed by atoms with Crippen LogP contribution in [0.5, 0.6) is 0 Å². The summed E-state index contributed by atoms with van der Waals surface area (Å²) in [5.74, 6) is 1.05. The maximum Gasteiger partial charge on any atom is 0.244 e. The molecule has 1 aromatic carbocycles. The number of amides is 1. The highest BCUT2D eigenvalue weighted by Crippen LogP contribution is 2.14. The minimum atomic E-state index is -0.583. The largest absolute Gasteiger partial charge is 0.391 e. The molecule has 1 aromatic rings. The Labute approximate surface area is 130 Å².